The highest BCUT2D eigenvalue weighted by molar-refractivity contribution is 7.92. The molecule has 0 aliphatic carbocycles. The molecule has 2 N–H and O–H groups in total. The van der Waals surface area contributed by atoms with Gasteiger partial charge in [-0.05, 0) is 37.1 Å². The smallest absolute Gasteiger partial charge is 0.262 e. The summed E-state index contributed by atoms with van der Waals surface area (Å²) in [5.74, 6) is 0.548. The Morgan fingerprint density at radius 2 is 1.68 bits per heavy atom. The van der Waals surface area contributed by atoms with Crippen LogP contribution in [-0.2, 0) is 14.8 Å². The maximum atomic E-state index is 13.0. The van der Waals surface area contributed by atoms with Gasteiger partial charge < -0.3 is 19.7 Å². The van der Waals surface area contributed by atoms with Gasteiger partial charge in [-0.1, -0.05) is 26.0 Å². The molecule has 4 rings (SSSR count). The van der Waals surface area contributed by atoms with E-state index < -0.39 is 10.0 Å². The van der Waals surface area contributed by atoms with Gasteiger partial charge in [0.25, 0.3) is 15.9 Å². The van der Waals surface area contributed by atoms with Gasteiger partial charge in [0.05, 0.1) is 16.1 Å². The number of rotatable bonds is 6. The molecular weight excluding hydrogens is 458 g/mol. The number of likely N-dealkylation sites (tertiary alicyclic amines) is 1. The zero-order chi connectivity index (χ0) is 24.3. The van der Waals surface area contributed by atoms with Crippen molar-refractivity contribution < 1.29 is 27.5 Å². The summed E-state index contributed by atoms with van der Waals surface area (Å²) in [6.07, 6.45) is 1.30. The molecule has 1 fully saturated rings. The molecule has 0 spiro atoms. The van der Waals surface area contributed by atoms with Crippen molar-refractivity contribution in [2.75, 3.05) is 31.0 Å². The van der Waals surface area contributed by atoms with E-state index in [4.69, 9.17) is 9.47 Å². The number of piperidine rings is 1. The van der Waals surface area contributed by atoms with Crippen LogP contribution < -0.4 is 19.5 Å². The number of hydrogen-bond acceptors (Lipinski definition) is 6. The van der Waals surface area contributed by atoms with Crippen LogP contribution >= 0.6 is 0 Å². The van der Waals surface area contributed by atoms with Crippen LogP contribution in [-0.4, -0.2) is 57.5 Å². The molecule has 34 heavy (non-hydrogen) atoms. The quantitative estimate of drug-likeness (QED) is 0.648. The fourth-order valence-corrected chi connectivity index (χ4v) is 5.13. The molecule has 0 aromatic heterocycles. The van der Waals surface area contributed by atoms with Crippen molar-refractivity contribution >= 4 is 27.5 Å². The van der Waals surface area contributed by atoms with Crippen LogP contribution in [0.25, 0.3) is 0 Å². The third-order valence-corrected chi connectivity index (χ3v) is 7.24. The number of sulfonamides is 1. The summed E-state index contributed by atoms with van der Waals surface area (Å²) in [5, 5.41) is 2.98. The summed E-state index contributed by atoms with van der Waals surface area (Å²) in [7, 11) is -3.97. The van der Waals surface area contributed by atoms with Crippen molar-refractivity contribution in [3.63, 3.8) is 0 Å². The number of fused-ring (bicyclic) bond motifs is 1. The summed E-state index contributed by atoms with van der Waals surface area (Å²) < 4.78 is 39.5. The molecule has 10 heteroatoms. The van der Waals surface area contributed by atoms with E-state index in [9.17, 15) is 18.0 Å². The van der Waals surface area contributed by atoms with E-state index in [1.54, 1.807) is 30.3 Å². The number of benzene rings is 2. The molecule has 0 radical (unpaired) electrons. The standard InChI is InChI=1S/C24H29N3O6S/c1-16(2)24(29)27-11-9-17(10-12-27)25-23(28)19-5-3-4-6-20(19)26-34(30,31)18-7-8-21-22(15-18)33-14-13-32-21/h3-8,15-17,26H,9-14H2,1-2H3,(H,25,28). The maximum absolute atomic E-state index is 13.0. The molecule has 2 amide bonds. The lowest BCUT2D eigenvalue weighted by atomic mass is 10.0. The van der Waals surface area contributed by atoms with Gasteiger partial charge in [-0.2, -0.15) is 0 Å². The van der Waals surface area contributed by atoms with E-state index in [-0.39, 0.29) is 39.9 Å². The minimum atomic E-state index is -3.97. The molecular formula is C24H29N3O6S. The molecule has 2 aromatic rings. The van der Waals surface area contributed by atoms with Crippen molar-refractivity contribution in [1.29, 1.82) is 0 Å². The number of ether oxygens (including phenoxy) is 2. The van der Waals surface area contributed by atoms with Crippen LogP contribution in [0.5, 0.6) is 11.5 Å². The summed E-state index contributed by atoms with van der Waals surface area (Å²) >= 11 is 0. The maximum Gasteiger partial charge on any atom is 0.262 e. The van der Waals surface area contributed by atoms with Gasteiger partial charge in [0.1, 0.15) is 13.2 Å². The van der Waals surface area contributed by atoms with Crippen molar-refractivity contribution in [2.24, 2.45) is 5.92 Å². The minimum absolute atomic E-state index is 0.00847. The van der Waals surface area contributed by atoms with Gasteiger partial charge in [-0.15, -0.1) is 0 Å². The van der Waals surface area contributed by atoms with E-state index in [2.05, 4.69) is 10.0 Å². The first-order chi connectivity index (χ1) is 16.2. The number of nitrogens with zero attached hydrogens (tertiary/aromatic N) is 1. The molecule has 182 valence electrons. The highest BCUT2D eigenvalue weighted by Gasteiger charge is 2.27. The fraction of sp³-hybridized carbons (Fsp3) is 0.417. The van der Waals surface area contributed by atoms with E-state index in [1.807, 2.05) is 18.7 Å². The minimum Gasteiger partial charge on any atom is -0.486 e. The number of para-hydroxylation sites is 1. The van der Waals surface area contributed by atoms with E-state index in [1.165, 1.54) is 12.1 Å². The highest BCUT2D eigenvalue weighted by atomic mass is 32.2. The SMILES string of the molecule is CC(C)C(=O)N1CCC(NC(=O)c2ccccc2NS(=O)(=O)c2ccc3c(c2)OCCO3)CC1. The predicted molar refractivity (Wildman–Crippen MR) is 127 cm³/mol. The van der Waals surface area contributed by atoms with E-state index in [0.717, 1.165) is 0 Å². The summed E-state index contributed by atoms with van der Waals surface area (Å²) in [6.45, 7) is 5.67. The third-order valence-electron chi connectivity index (χ3n) is 5.88. The Kier molecular flexibility index (Phi) is 6.97. The number of nitrogens with one attached hydrogen (secondary N) is 2. The second-order valence-corrected chi connectivity index (χ2v) is 10.4. The summed E-state index contributed by atoms with van der Waals surface area (Å²) in [6, 6.07) is 10.8. The molecule has 2 aromatic carbocycles. The molecule has 2 heterocycles. The Labute approximate surface area is 199 Å². The topological polar surface area (TPSA) is 114 Å². The van der Waals surface area contributed by atoms with Crippen LogP contribution in [0.2, 0.25) is 0 Å². The lowest BCUT2D eigenvalue weighted by molar-refractivity contribution is -0.135. The number of carbonyl (C=O) groups is 2. The van der Waals surface area contributed by atoms with Gasteiger partial charge in [-0.25, -0.2) is 8.42 Å². The van der Waals surface area contributed by atoms with Gasteiger partial charge >= 0.3 is 0 Å². The third kappa shape index (κ3) is 5.27. The molecule has 1 saturated heterocycles. The Balaban J connectivity index is 1.45. The first-order valence-electron chi connectivity index (χ1n) is 11.4. The zero-order valence-electron chi connectivity index (χ0n) is 19.2. The summed E-state index contributed by atoms with van der Waals surface area (Å²) in [4.78, 5) is 27.0. The normalized spacial score (nSPS) is 16.3. The lowest BCUT2D eigenvalue weighted by Crippen LogP contribution is -2.47. The number of anilines is 1. The Morgan fingerprint density at radius 1 is 1.00 bits per heavy atom. The molecule has 9 nitrogen and oxygen atoms in total. The van der Waals surface area contributed by atoms with Crippen LogP contribution in [0, 0.1) is 5.92 Å². The van der Waals surface area contributed by atoms with Crippen LogP contribution in [0.4, 0.5) is 5.69 Å². The molecule has 2 aliphatic heterocycles. The fourth-order valence-electron chi connectivity index (χ4n) is 4.04. The number of carbonyl (C=O) groups excluding carboxylic acids is 2. The monoisotopic (exact) mass is 487 g/mol. The van der Waals surface area contributed by atoms with Gasteiger partial charge in [0, 0.05) is 31.1 Å². The van der Waals surface area contributed by atoms with Crippen LogP contribution in [0.1, 0.15) is 37.0 Å². The molecule has 0 bridgehead atoms. The average Bonchev–Trinajstić information content (AvgIpc) is 2.83. The van der Waals surface area contributed by atoms with Crippen molar-refractivity contribution in [3.05, 3.63) is 48.0 Å². The van der Waals surface area contributed by atoms with Gasteiger partial charge in [-0.3, -0.25) is 14.3 Å². The number of hydrogen-bond donors (Lipinski definition) is 2. The largest absolute Gasteiger partial charge is 0.486 e. The molecule has 0 saturated carbocycles. The Bertz CT molecular complexity index is 1170. The van der Waals surface area contributed by atoms with Gasteiger partial charge in [0.2, 0.25) is 5.91 Å². The first kappa shape index (κ1) is 23.9. The second kappa shape index (κ2) is 9.92. The van der Waals surface area contributed by atoms with Crippen molar-refractivity contribution in [3.8, 4) is 11.5 Å². The highest BCUT2D eigenvalue weighted by Crippen LogP contribution is 2.33. The lowest BCUT2D eigenvalue weighted by Gasteiger charge is -2.33. The van der Waals surface area contributed by atoms with E-state index in [0.29, 0.717) is 50.6 Å². The summed E-state index contributed by atoms with van der Waals surface area (Å²) in [5.41, 5.74) is 0.409. The van der Waals surface area contributed by atoms with Crippen molar-refractivity contribution in [2.45, 2.75) is 37.6 Å². The van der Waals surface area contributed by atoms with Crippen molar-refractivity contribution in [1.82, 2.24) is 10.2 Å². The van der Waals surface area contributed by atoms with Crippen LogP contribution in [0.3, 0.4) is 0 Å². The molecule has 0 atom stereocenters. The molecule has 0 unspecified atom stereocenters. The van der Waals surface area contributed by atoms with E-state index >= 15 is 0 Å². The Hall–Kier alpha value is -3.27. The van der Waals surface area contributed by atoms with Gasteiger partial charge in [0.15, 0.2) is 11.5 Å². The zero-order valence-corrected chi connectivity index (χ0v) is 20.1. The predicted octanol–water partition coefficient (Wildman–Crippen LogP) is 2.64. The number of amides is 2. The molecule has 2 aliphatic rings. The van der Waals surface area contributed by atoms with Crippen LogP contribution in [0.15, 0.2) is 47.4 Å². The Morgan fingerprint density at radius 3 is 2.38 bits per heavy atom. The second-order valence-electron chi connectivity index (χ2n) is 8.68. The first-order valence-corrected chi connectivity index (χ1v) is 12.8. The average molecular weight is 488 g/mol.